The van der Waals surface area contributed by atoms with Crippen LogP contribution < -0.4 is 10.5 Å². The molecule has 0 aliphatic carbocycles. The summed E-state index contributed by atoms with van der Waals surface area (Å²) in [4.78, 5) is 19.3. The first-order chi connectivity index (χ1) is 12.2. The fraction of sp³-hybridized carbons (Fsp3) is 0.200. The monoisotopic (exact) mass is 543 g/mol. The van der Waals surface area contributed by atoms with Crippen molar-refractivity contribution in [3.63, 3.8) is 0 Å². The van der Waals surface area contributed by atoms with Gasteiger partial charge >= 0.3 is 5.63 Å². The Bertz CT molecular complexity index is 1080. The number of aromatic nitrogens is 1. The van der Waals surface area contributed by atoms with E-state index in [-0.39, 0.29) is 25.7 Å². The van der Waals surface area contributed by atoms with Crippen LogP contribution in [-0.2, 0) is 20.1 Å². The number of nitrogens with zero attached hydrogens (tertiary/aromatic N) is 2. The Morgan fingerprint density at radius 2 is 1.85 bits per heavy atom. The van der Waals surface area contributed by atoms with Crippen molar-refractivity contribution in [2.45, 2.75) is 13.8 Å². The Kier molecular flexibility index (Phi) is 5.56. The molecule has 0 aliphatic heterocycles. The van der Waals surface area contributed by atoms with Gasteiger partial charge in [0.2, 0.25) is 0 Å². The molecule has 2 heterocycles. The second kappa shape index (κ2) is 7.70. The molecule has 6 heteroatoms. The molecule has 4 nitrogen and oxygen atoms in total. The van der Waals surface area contributed by atoms with Gasteiger partial charge < -0.3 is 9.32 Å². The van der Waals surface area contributed by atoms with Crippen LogP contribution in [0.5, 0.6) is 0 Å². The number of hydrogen-bond donors (Lipinski definition) is 0. The van der Waals surface area contributed by atoms with E-state index in [1.807, 2.05) is 42.5 Å². The first-order valence-corrected chi connectivity index (χ1v) is 9.20. The van der Waals surface area contributed by atoms with Crippen LogP contribution in [0.25, 0.3) is 31.8 Å². The van der Waals surface area contributed by atoms with Gasteiger partial charge in [-0.15, -0.1) is 11.3 Å². The number of benzene rings is 2. The molecular weight excluding hydrogens is 525 g/mol. The standard InChI is InChI=1S/C20H18N2O2S.Ir/c1-3-22(4-2)14-10-9-13-11-15(20(23)24-17(13)12-14)19-21-16-7-5-6-8-18(16)25-19;/h5-12H,3-4H2,1-2H3;. The first-order valence-electron chi connectivity index (χ1n) is 8.38. The van der Waals surface area contributed by atoms with Crippen molar-refractivity contribution in [3.8, 4) is 10.6 Å². The number of hydrogen-bond acceptors (Lipinski definition) is 5. The molecule has 0 saturated carbocycles. The minimum Gasteiger partial charge on any atom is -0.422 e. The van der Waals surface area contributed by atoms with Gasteiger partial charge in [-0.25, -0.2) is 9.78 Å². The van der Waals surface area contributed by atoms with Crippen molar-refractivity contribution in [3.05, 3.63) is 59.0 Å². The van der Waals surface area contributed by atoms with Crippen molar-refractivity contribution in [2.24, 2.45) is 0 Å². The van der Waals surface area contributed by atoms with Crippen LogP contribution >= 0.6 is 11.3 Å². The molecule has 4 aromatic rings. The van der Waals surface area contributed by atoms with Crippen LogP contribution in [0.2, 0.25) is 0 Å². The van der Waals surface area contributed by atoms with Crippen LogP contribution in [0.4, 0.5) is 5.69 Å². The molecule has 2 aromatic heterocycles. The molecular formula is C20H18IrN2O2S. The Balaban J connectivity index is 0.00000196. The molecule has 2 aromatic carbocycles. The van der Waals surface area contributed by atoms with Gasteiger partial charge in [0.05, 0.1) is 15.8 Å². The summed E-state index contributed by atoms with van der Waals surface area (Å²) < 4.78 is 6.67. The minimum absolute atomic E-state index is 0. The molecule has 135 valence electrons. The van der Waals surface area contributed by atoms with Gasteiger partial charge in [0.25, 0.3) is 0 Å². The molecule has 0 aliphatic rings. The molecule has 26 heavy (non-hydrogen) atoms. The van der Waals surface area contributed by atoms with E-state index >= 15 is 0 Å². The number of thiazole rings is 1. The molecule has 0 spiro atoms. The van der Waals surface area contributed by atoms with Gasteiger partial charge in [-0.1, -0.05) is 12.1 Å². The first kappa shape index (κ1) is 18.8. The van der Waals surface area contributed by atoms with Crippen LogP contribution in [0.3, 0.4) is 0 Å². The smallest absolute Gasteiger partial charge is 0.346 e. The average Bonchev–Trinajstić information content (AvgIpc) is 3.06. The van der Waals surface area contributed by atoms with Crippen molar-refractivity contribution in [1.82, 2.24) is 4.98 Å². The summed E-state index contributed by atoms with van der Waals surface area (Å²) >= 11 is 1.51. The predicted octanol–water partition coefficient (Wildman–Crippen LogP) is 4.91. The second-order valence-corrected chi connectivity index (χ2v) is 6.86. The third-order valence-corrected chi connectivity index (χ3v) is 5.44. The Morgan fingerprint density at radius 3 is 2.58 bits per heavy atom. The maximum atomic E-state index is 12.5. The SMILES string of the molecule is CCN(CC)c1ccc2cc(-c3nc4ccccc4s3)c(=O)oc2c1.[Ir]. The zero-order chi connectivity index (χ0) is 17.4. The second-order valence-electron chi connectivity index (χ2n) is 5.83. The van der Waals surface area contributed by atoms with E-state index in [2.05, 4.69) is 29.8 Å². The summed E-state index contributed by atoms with van der Waals surface area (Å²) in [5.74, 6) is 0. The van der Waals surface area contributed by atoms with Crippen molar-refractivity contribution >= 4 is 38.2 Å². The maximum Gasteiger partial charge on any atom is 0.346 e. The summed E-state index contributed by atoms with van der Waals surface area (Å²) in [7, 11) is 0. The number of para-hydroxylation sites is 1. The predicted molar refractivity (Wildman–Crippen MR) is 105 cm³/mol. The van der Waals surface area contributed by atoms with E-state index in [9.17, 15) is 4.79 Å². The third-order valence-electron chi connectivity index (χ3n) is 4.37. The quantitative estimate of drug-likeness (QED) is 0.344. The molecule has 0 N–H and O–H groups in total. The summed E-state index contributed by atoms with van der Waals surface area (Å²) in [6.07, 6.45) is 0. The van der Waals surface area contributed by atoms with Gasteiger partial charge in [0.1, 0.15) is 10.6 Å². The van der Waals surface area contributed by atoms with E-state index in [0.29, 0.717) is 16.2 Å². The number of anilines is 1. The topological polar surface area (TPSA) is 46.3 Å². The molecule has 0 amide bonds. The van der Waals surface area contributed by atoms with Crippen LogP contribution in [0.15, 0.2) is 57.7 Å². The van der Waals surface area contributed by atoms with Crippen LogP contribution in [-0.4, -0.2) is 18.1 Å². The van der Waals surface area contributed by atoms with Gasteiger partial charge in [-0.2, -0.15) is 0 Å². The van der Waals surface area contributed by atoms with Crippen LogP contribution in [0, 0.1) is 0 Å². The average molecular weight is 543 g/mol. The van der Waals surface area contributed by atoms with E-state index in [4.69, 9.17) is 4.42 Å². The fourth-order valence-electron chi connectivity index (χ4n) is 3.02. The van der Waals surface area contributed by atoms with Crippen molar-refractivity contribution in [2.75, 3.05) is 18.0 Å². The summed E-state index contributed by atoms with van der Waals surface area (Å²) in [6, 6.07) is 15.8. The maximum absolute atomic E-state index is 12.5. The van der Waals surface area contributed by atoms with E-state index < -0.39 is 0 Å². The normalized spacial score (nSPS) is 10.8. The van der Waals surface area contributed by atoms with E-state index in [0.717, 1.165) is 34.4 Å². The summed E-state index contributed by atoms with van der Waals surface area (Å²) in [5, 5.41) is 1.61. The molecule has 0 unspecified atom stereocenters. The van der Waals surface area contributed by atoms with Gasteiger partial charge in [-0.05, 0) is 44.2 Å². The zero-order valence-corrected chi connectivity index (χ0v) is 17.7. The summed E-state index contributed by atoms with van der Waals surface area (Å²) in [6.45, 7) is 6.05. The van der Waals surface area contributed by atoms with Gasteiger partial charge in [0.15, 0.2) is 0 Å². The van der Waals surface area contributed by atoms with Gasteiger partial charge in [-0.3, -0.25) is 0 Å². The summed E-state index contributed by atoms with van der Waals surface area (Å²) in [5.41, 5.74) is 2.75. The Hall–Kier alpha value is -2.01. The third kappa shape index (κ3) is 3.32. The van der Waals surface area contributed by atoms with Crippen LogP contribution in [0.1, 0.15) is 13.8 Å². The minimum atomic E-state index is -0.344. The van der Waals surface area contributed by atoms with Crippen molar-refractivity contribution in [1.29, 1.82) is 0 Å². The number of rotatable bonds is 4. The van der Waals surface area contributed by atoms with Gasteiger partial charge in [0, 0.05) is 50.3 Å². The van der Waals surface area contributed by atoms with E-state index in [1.165, 1.54) is 11.3 Å². The Labute approximate surface area is 168 Å². The van der Waals surface area contributed by atoms with E-state index in [1.54, 1.807) is 0 Å². The molecule has 1 radical (unpaired) electrons. The fourth-order valence-corrected chi connectivity index (χ4v) is 3.99. The largest absolute Gasteiger partial charge is 0.422 e. The number of fused-ring (bicyclic) bond motifs is 2. The zero-order valence-electron chi connectivity index (χ0n) is 14.5. The molecule has 4 rings (SSSR count). The Morgan fingerprint density at radius 1 is 1.08 bits per heavy atom. The van der Waals surface area contributed by atoms with Crippen molar-refractivity contribution < 1.29 is 24.5 Å². The molecule has 0 fully saturated rings. The molecule has 0 saturated heterocycles. The molecule has 0 bridgehead atoms. The molecule has 0 atom stereocenters.